The Labute approximate surface area is 278 Å². The van der Waals surface area contributed by atoms with Crippen molar-refractivity contribution in [2.24, 2.45) is 0 Å². The standard InChI is InChI=1S/C34H59NO9Si2/c1-31(2,3)45(11,12)43-25(23-21-38-33(7,8)40-23)24(35-30(36)37-20-22-18-16-15-17-19-22)26-27-28(42-34(9,10)41-27)29(39-26)44-46(13,14)32(4,5)6/h15-19,23-29H,20-21H2,1-14H3,(H,35,36)/t23-,24+,25-,26+,27+,28+,29-/m1/s1. The zero-order valence-corrected chi connectivity index (χ0v) is 32.5. The minimum atomic E-state index is -2.44. The minimum absolute atomic E-state index is 0.0631. The molecule has 0 unspecified atom stereocenters. The number of carbonyl (C=O) groups excluding carboxylic acids is 1. The molecular formula is C34H59NO9Si2. The Bertz CT molecular complexity index is 1200. The predicted octanol–water partition coefficient (Wildman–Crippen LogP) is 7.09. The molecule has 46 heavy (non-hydrogen) atoms. The second-order valence-corrected chi connectivity index (χ2v) is 26.4. The van der Waals surface area contributed by atoms with Gasteiger partial charge in [-0.3, -0.25) is 0 Å². The summed E-state index contributed by atoms with van der Waals surface area (Å²) >= 11 is 0. The highest BCUT2D eigenvalue weighted by Crippen LogP contribution is 2.46. The summed E-state index contributed by atoms with van der Waals surface area (Å²) < 4.78 is 52.1. The molecule has 1 aromatic carbocycles. The molecule has 12 heteroatoms. The lowest BCUT2D eigenvalue weighted by Gasteiger charge is -2.44. The van der Waals surface area contributed by atoms with Crippen LogP contribution in [0.25, 0.3) is 0 Å². The van der Waals surface area contributed by atoms with Gasteiger partial charge in [0.25, 0.3) is 0 Å². The van der Waals surface area contributed by atoms with Gasteiger partial charge in [-0.25, -0.2) is 4.79 Å². The molecule has 0 spiro atoms. The highest BCUT2D eigenvalue weighted by molar-refractivity contribution is 6.74. The molecule has 1 aromatic rings. The maximum atomic E-state index is 13.7. The molecule has 10 nitrogen and oxygen atoms in total. The fourth-order valence-corrected chi connectivity index (χ4v) is 7.93. The number of hydrogen-bond donors (Lipinski definition) is 1. The van der Waals surface area contributed by atoms with Gasteiger partial charge in [-0.2, -0.15) is 0 Å². The van der Waals surface area contributed by atoms with Gasteiger partial charge in [0.15, 0.2) is 34.5 Å². The van der Waals surface area contributed by atoms with Crippen molar-refractivity contribution in [1.82, 2.24) is 5.32 Å². The van der Waals surface area contributed by atoms with Crippen LogP contribution in [0.15, 0.2) is 30.3 Å². The predicted molar refractivity (Wildman–Crippen MR) is 181 cm³/mol. The molecule has 3 fully saturated rings. The summed E-state index contributed by atoms with van der Waals surface area (Å²) in [5.41, 5.74) is 0.881. The molecule has 3 aliphatic heterocycles. The van der Waals surface area contributed by atoms with Gasteiger partial charge in [-0.15, -0.1) is 0 Å². The third-order valence-corrected chi connectivity index (χ3v) is 19.0. The van der Waals surface area contributed by atoms with Crippen molar-refractivity contribution in [3.63, 3.8) is 0 Å². The average Bonchev–Trinajstić information content (AvgIpc) is 3.53. The number of amides is 1. The Morgan fingerprint density at radius 2 is 1.48 bits per heavy atom. The summed E-state index contributed by atoms with van der Waals surface area (Å²) in [6.07, 6.45) is -4.21. The largest absolute Gasteiger partial charge is 0.445 e. The van der Waals surface area contributed by atoms with Crippen LogP contribution in [0.1, 0.15) is 74.8 Å². The lowest BCUT2D eigenvalue weighted by Crippen LogP contribution is -2.62. The molecule has 0 aromatic heterocycles. The number of ether oxygens (including phenoxy) is 6. The Morgan fingerprint density at radius 3 is 2.02 bits per heavy atom. The number of alkyl carbamates (subject to hydrolysis) is 1. The van der Waals surface area contributed by atoms with E-state index in [0.717, 1.165) is 5.56 Å². The maximum absolute atomic E-state index is 13.7. The van der Waals surface area contributed by atoms with Crippen LogP contribution in [0.2, 0.25) is 36.3 Å². The first kappa shape index (κ1) is 37.5. The highest BCUT2D eigenvalue weighted by Gasteiger charge is 2.62. The first-order valence-corrected chi connectivity index (χ1v) is 22.4. The fraction of sp³-hybridized carbons (Fsp3) is 0.794. The highest BCUT2D eigenvalue weighted by atomic mass is 28.4. The number of fused-ring (bicyclic) bond motifs is 1. The Hall–Kier alpha value is -1.36. The topological polar surface area (TPSA) is 103 Å². The Balaban J connectivity index is 1.74. The van der Waals surface area contributed by atoms with Gasteiger partial charge in [0.1, 0.15) is 31.0 Å². The monoisotopic (exact) mass is 681 g/mol. The third kappa shape index (κ3) is 8.62. The van der Waals surface area contributed by atoms with E-state index in [1.54, 1.807) is 0 Å². The van der Waals surface area contributed by atoms with Gasteiger partial charge in [-0.1, -0.05) is 71.9 Å². The van der Waals surface area contributed by atoms with Crippen LogP contribution in [-0.4, -0.2) is 83.8 Å². The summed E-state index contributed by atoms with van der Waals surface area (Å²) in [5, 5.41) is 2.97. The van der Waals surface area contributed by atoms with Crippen LogP contribution in [-0.2, 0) is 43.9 Å². The molecule has 0 radical (unpaired) electrons. The molecule has 3 heterocycles. The molecule has 0 bridgehead atoms. The SMILES string of the molecule is CC1(C)O[C@@H]2[C@H](O1)[C@@H](O[Si](C)(C)C(C)(C)C)O[C@H]2[C@@H](NC(=O)OCc1ccccc1)[C@H](O[Si](C)(C)C(C)(C)C)[C@H]1COC(C)(C)O1. The van der Waals surface area contributed by atoms with Crippen molar-refractivity contribution in [1.29, 1.82) is 0 Å². The summed E-state index contributed by atoms with van der Waals surface area (Å²) in [4.78, 5) is 13.7. The van der Waals surface area contributed by atoms with Gasteiger partial charge in [0.2, 0.25) is 0 Å². The number of nitrogens with one attached hydrogen (secondary N) is 1. The number of rotatable bonds is 10. The quantitative estimate of drug-likeness (QED) is 0.259. The van der Waals surface area contributed by atoms with Crippen LogP contribution < -0.4 is 5.32 Å². The number of hydrogen-bond acceptors (Lipinski definition) is 9. The van der Waals surface area contributed by atoms with Gasteiger partial charge < -0.3 is 42.6 Å². The first-order chi connectivity index (χ1) is 20.9. The van der Waals surface area contributed by atoms with Crippen LogP contribution in [0.4, 0.5) is 4.79 Å². The second kappa shape index (κ2) is 13.2. The molecule has 7 atom stereocenters. The average molecular weight is 682 g/mol. The zero-order valence-electron chi connectivity index (χ0n) is 30.5. The van der Waals surface area contributed by atoms with E-state index < -0.39 is 77.2 Å². The van der Waals surface area contributed by atoms with E-state index in [4.69, 9.17) is 37.3 Å². The lowest BCUT2D eigenvalue weighted by molar-refractivity contribution is -0.223. The lowest BCUT2D eigenvalue weighted by atomic mass is 9.95. The third-order valence-electron chi connectivity index (χ3n) is 10.1. The summed E-state index contributed by atoms with van der Waals surface area (Å²) in [6.45, 7) is 29.8. The summed E-state index contributed by atoms with van der Waals surface area (Å²) in [6, 6.07) is 8.83. The van der Waals surface area contributed by atoms with Crippen molar-refractivity contribution in [2.45, 2.75) is 167 Å². The van der Waals surface area contributed by atoms with Crippen LogP contribution in [0.3, 0.4) is 0 Å². The summed E-state index contributed by atoms with van der Waals surface area (Å²) in [5.74, 6) is -1.70. The Kier molecular flexibility index (Phi) is 10.7. The van der Waals surface area contributed by atoms with Gasteiger partial charge in [-0.05, 0) is 69.5 Å². The van der Waals surface area contributed by atoms with E-state index >= 15 is 0 Å². The fourth-order valence-electron chi connectivity index (χ4n) is 5.47. The van der Waals surface area contributed by atoms with Crippen LogP contribution in [0, 0.1) is 0 Å². The van der Waals surface area contributed by atoms with Crippen molar-refractivity contribution < 1.29 is 42.1 Å². The van der Waals surface area contributed by atoms with E-state index in [0.29, 0.717) is 0 Å². The normalized spacial score (nSPS) is 29.3. The first-order valence-electron chi connectivity index (χ1n) is 16.6. The minimum Gasteiger partial charge on any atom is -0.445 e. The molecule has 0 aliphatic carbocycles. The van der Waals surface area contributed by atoms with Crippen LogP contribution >= 0.6 is 0 Å². The van der Waals surface area contributed by atoms with E-state index in [1.165, 1.54) is 0 Å². The maximum Gasteiger partial charge on any atom is 0.407 e. The van der Waals surface area contributed by atoms with Gasteiger partial charge in [0.05, 0.1) is 18.8 Å². The van der Waals surface area contributed by atoms with E-state index in [9.17, 15) is 4.79 Å². The van der Waals surface area contributed by atoms with E-state index in [-0.39, 0.29) is 23.3 Å². The molecular weight excluding hydrogens is 623 g/mol. The van der Waals surface area contributed by atoms with Crippen molar-refractivity contribution in [3.05, 3.63) is 35.9 Å². The molecule has 3 aliphatic rings. The number of carbonyl (C=O) groups is 1. The van der Waals surface area contributed by atoms with Crippen molar-refractivity contribution in [3.8, 4) is 0 Å². The summed E-state index contributed by atoms with van der Waals surface area (Å²) in [7, 11) is -4.74. The van der Waals surface area contributed by atoms with Gasteiger partial charge >= 0.3 is 6.09 Å². The van der Waals surface area contributed by atoms with Crippen molar-refractivity contribution >= 4 is 22.7 Å². The Morgan fingerprint density at radius 1 is 0.891 bits per heavy atom. The number of benzene rings is 1. The second-order valence-electron chi connectivity index (χ2n) is 16.9. The van der Waals surface area contributed by atoms with E-state index in [2.05, 4.69) is 73.0 Å². The molecule has 1 N–H and O–H groups in total. The van der Waals surface area contributed by atoms with Crippen molar-refractivity contribution in [2.75, 3.05) is 6.61 Å². The smallest absolute Gasteiger partial charge is 0.407 e. The van der Waals surface area contributed by atoms with Gasteiger partial charge in [0, 0.05) is 0 Å². The van der Waals surface area contributed by atoms with E-state index in [1.807, 2.05) is 58.0 Å². The molecule has 4 rings (SSSR count). The molecule has 0 saturated carbocycles. The molecule has 1 amide bonds. The van der Waals surface area contributed by atoms with Crippen LogP contribution in [0.5, 0.6) is 0 Å². The zero-order chi connectivity index (χ0) is 34.5. The molecule has 3 saturated heterocycles. The molecule has 262 valence electrons.